The molecule has 0 rings (SSSR count). The molecule has 127 valence electrons. The zero-order valence-electron chi connectivity index (χ0n) is 14.0. The van der Waals surface area contributed by atoms with Crippen LogP contribution in [0.25, 0.3) is 0 Å². The van der Waals surface area contributed by atoms with E-state index in [2.05, 4.69) is 13.8 Å². The maximum absolute atomic E-state index is 11.8. The van der Waals surface area contributed by atoms with Crippen LogP contribution in [0.3, 0.4) is 0 Å². The van der Waals surface area contributed by atoms with Gasteiger partial charge in [-0.2, -0.15) is 0 Å². The van der Waals surface area contributed by atoms with Gasteiger partial charge in [0.2, 0.25) is 0 Å². The molecule has 1 unspecified atom stereocenters. The molecule has 0 aromatic heterocycles. The van der Waals surface area contributed by atoms with Gasteiger partial charge >= 0.3 is 82.5 Å². The third-order valence-corrected chi connectivity index (χ3v) is 5.56. The summed E-state index contributed by atoms with van der Waals surface area (Å²) in [5.74, 6) is -0.754. The molecular formula is C16H33F2O2Sn. The third kappa shape index (κ3) is 20.1. The fraction of sp³-hybridized carbons (Fsp3) is 0.938. The molecule has 0 aliphatic rings. The summed E-state index contributed by atoms with van der Waals surface area (Å²) in [7, 11) is 0. The summed E-state index contributed by atoms with van der Waals surface area (Å²) < 4.78 is 23.9. The van der Waals surface area contributed by atoms with E-state index in [1.807, 2.05) is 6.92 Å². The second-order valence-corrected chi connectivity index (χ2v) is 8.80. The standard InChI is InChI=1S/C8H16O2.C8H17.2FH.Sn/c1-3-5-6-7(4-2)8(9)10;1-3-5-7-8-6-4-2;;;/h7H,3-6H2,1-2H3,(H,9,10);1,3-8H2,2H3;2*1H;/q;;;;+2/p-2. The van der Waals surface area contributed by atoms with Gasteiger partial charge in [-0.05, 0) is 12.8 Å². The van der Waals surface area contributed by atoms with Crippen LogP contribution in [-0.4, -0.2) is 32.0 Å². The maximum atomic E-state index is 11.8. The number of rotatable bonds is 12. The van der Waals surface area contributed by atoms with Gasteiger partial charge in [-0.25, -0.2) is 0 Å². The minimum atomic E-state index is -3.70. The second kappa shape index (κ2) is 18.2. The number of carboxylic acid groups (broad SMARTS) is 1. The van der Waals surface area contributed by atoms with E-state index in [9.17, 15) is 10.5 Å². The molecular weight excluding hydrogens is 381 g/mol. The Bertz CT molecular complexity index is 226. The van der Waals surface area contributed by atoms with Crippen LogP contribution in [0.15, 0.2) is 0 Å². The molecule has 21 heavy (non-hydrogen) atoms. The summed E-state index contributed by atoms with van der Waals surface area (Å²) in [6, 6.07) is 0. The van der Waals surface area contributed by atoms with Crippen molar-refractivity contribution in [1.29, 1.82) is 0 Å². The molecule has 5 heteroatoms. The van der Waals surface area contributed by atoms with E-state index in [-0.39, 0.29) is 10.4 Å². The summed E-state index contributed by atoms with van der Waals surface area (Å²) in [6.45, 7) is 6.16. The van der Waals surface area contributed by atoms with Gasteiger partial charge in [-0.15, -0.1) is 0 Å². The van der Waals surface area contributed by atoms with E-state index in [4.69, 9.17) is 5.11 Å². The summed E-state index contributed by atoms with van der Waals surface area (Å²) >= 11 is -3.70. The van der Waals surface area contributed by atoms with Crippen LogP contribution >= 0.6 is 0 Å². The molecule has 0 aromatic carbocycles. The van der Waals surface area contributed by atoms with Gasteiger partial charge in [0, 0.05) is 0 Å². The molecule has 1 radical (unpaired) electrons. The van der Waals surface area contributed by atoms with Crippen molar-refractivity contribution >= 4 is 26.9 Å². The molecule has 0 bridgehead atoms. The summed E-state index contributed by atoms with van der Waals surface area (Å²) in [6.07, 6.45) is 10.4. The normalized spacial score (nSPS) is 11.9. The first-order chi connectivity index (χ1) is 9.99. The molecule has 0 spiro atoms. The van der Waals surface area contributed by atoms with Crippen molar-refractivity contribution in [3.63, 3.8) is 0 Å². The Morgan fingerprint density at radius 2 is 1.48 bits per heavy atom. The Morgan fingerprint density at radius 1 is 0.952 bits per heavy atom. The molecule has 0 saturated carbocycles. The SMILES string of the molecule is CCCCC(CC)C(=O)O.CCCCCCC[CH2][Sn]([F])[F]. The van der Waals surface area contributed by atoms with Crippen LogP contribution in [0.2, 0.25) is 4.44 Å². The topological polar surface area (TPSA) is 37.3 Å². The third-order valence-electron chi connectivity index (χ3n) is 3.47. The molecule has 0 aliphatic heterocycles. The Balaban J connectivity index is 0. The van der Waals surface area contributed by atoms with Crippen LogP contribution in [0.1, 0.15) is 85.0 Å². The predicted molar refractivity (Wildman–Crippen MR) is 87.1 cm³/mol. The van der Waals surface area contributed by atoms with Crippen molar-refractivity contribution in [1.82, 2.24) is 0 Å². The van der Waals surface area contributed by atoms with Crippen molar-refractivity contribution in [3.8, 4) is 0 Å². The number of hydrogen-bond acceptors (Lipinski definition) is 1. The summed E-state index contributed by atoms with van der Waals surface area (Å²) in [4.78, 5) is 10.4. The van der Waals surface area contributed by atoms with Gasteiger partial charge in [0.05, 0.1) is 5.92 Å². The average molecular weight is 414 g/mol. The van der Waals surface area contributed by atoms with Crippen molar-refractivity contribution in [3.05, 3.63) is 0 Å². The minimum absolute atomic E-state index is 0.111. The summed E-state index contributed by atoms with van der Waals surface area (Å²) in [5, 5.41) is 8.60. The first-order valence-electron chi connectivity index (χ1n) is 8.39. The van der Waals surface area contributed by atoms with Crippen LogP contribution in [-0.2, 0) is 4.79 Å². The van der Waals surface area contributed by atoms with E-state index in [0.717, 1.165) is 44.9 Å². The first kappa shape index (κ1) is 23.4. The van der Waals surface area contributed by atoms with Gasteiger partial charge in [0.25, 0.3) is 0 Å². The summed E-state index contributed by atoms with van der Waals surface area (Å²) in [5.41, 5.74) is 0. The molecule has 1 N–H and O–H groups in total. The Hall–Kier alpha value is 0.129. The Labute approximate surface area is 138 Å². The first-order valence-corrected chi connectivity index (χ1v) is 12.6. The van der Waals surface area contributed by atoms with E-state index in [1.165, 1.54) is 19.3 Å². The quantitative estimate of drug-likeness (QED) is 0.311. The second-order valence-electron chi connectivity index (χ2n) is 5.44. The van der Waals surface area contributed by atoms with Crippen LogP contribution in [0.5, 0.6) is 0 Å². The molecule has 0 aromatic rings. The number of unbranched alkanes of at least 4 members (excludes halogenated alkanes) is 6. The number of hydrogen-bond donors (Lipinski definition) is 1. The fourth-order valence-electron chi connectivity index (χ4n) is 1.99. The molecule has 2 nitrogen and oxygen atoms in total. The molecule has 0 amide bonds. The van der Waals surface area contributed by atoms with Gasteiger partial charge < -0.3 is 5.11 Å². The number of aliphatic carboxylic acids is 1. The number of halogens is 2. The van der Waals surface area contributed by atoms with E-state index < -0.39 is 26.9 Å². The fourth-order valence-corrected chi connectivity index (χ4v) is 3.47. The Kier molecular flexibility index (Phi) is 20.3. The van der Waals surface area contributed by atoms with Gasteiger partial charge in [-0.1, -0.05) is 26.7 Å². The van der Waals surface area contributed by atoms with Crippen LogP contribution < -0.4 is 0 Å². The predicted octanol–water partition coefficient (Wildman–Crippen LogP) is 6.06. The zero-order valence-corrected chi connectivity index (χ0v) is 16.8. The molecule has 0 fully saturated rings. The van der Waals surface area contributed by atoms with Crippen molar-refractivity contribution in [2.45, 2.75) is 89.4 Å². The number of carbonyl (C=O) groups is 1. The van der Waals surface area contributed by atoms with Crippen LogP contribution in [0, 0.1) is 5.92 Å². The van der Waals surface area contributed by atoms with Gasteiger partial charge in [-0.3, -0.25) is 4.79 Å². The number of carboxylic acids is 1. The van der Waals surface area contributed by atoms with E-state index in [1.54, 1.807) is 0 Å². The van der Waals surface area contributed by atoms with Crippen LogP contribution in [0.4, 0.5) is 5.73 Å². The van der Waals surface area contributed by atoms with E-state index >= 15 is 0 Å². The monoisotopic (exact) mass is 415 g/mol. The molecule has 0 heterocycles. The molecule has 1 atom stereocenters. The average Bonchev–Trinajstić information content (AvgIpc) is 2.43. The van der Waals surface area contributed by atoms with Crippen molar-refractivity contribution in [2.24, 2.45) is 5.92 Å². The van der Waals surface area contributed by atoms with Gasteiger partial charge in [0.1, 0.15) is 0 Å². The zero-order chi connectivity index (χ0) is 16.5. The molecule has 0 aliphatic carbocycles. The van der Waals surface area contributed by atoms with Gasteiger partial charge in [0.15, 0.2) is 0 Å². The van der Waals surface area contributed by atoms with E-state index in [0.29, 0.717) is 0 Å². The van der Waals surface area contributed by atoms with Crippen molar-refractivity contribution < 1.29 is 15.6 Å². The van der Waals surface area contributed by atoms with Crippen molar-refractivity contribution in [2.75, 3.05) is 0 Å². The Morgan fingerprint density at radius 3 is 1.90 bits per heavy atom. The molecule has 0 saturated heterocycles.